The summed E-state index contributed by atoms with van der Waals surface area (Å²) in [7, 11) is 0. The molecule has 2 aromatic carbocycles. The topological polar surface area (TPSA) is 33.5 Å². The molecule has 3 rings (SSSR count). The summed E-state index contributed by atoms with van der Waals surface area (Å²) in [5.41, 5.74) is 0.889. The summed E-state index contributed by atoms with van der Waals surface area (Å²) in [5, 5.41) is 5.44. The van der Waals surface area contributed by atoms with Crippen LogP contribution >= 0.6 is 0 Å². The molecule has 1 aliphatic rings. The first-order valence-electron chi connectivity index (χ1n) is 8.28. The minimum atomic E-state index is 0.00854. The van der Waals surface area contributed by atoms with E-state index in [4.69, 9.17) is 0 Å². The second kappa shape index (κ2) is 6.49. The summed E-state index contributed by atoms with van der Waals surface area (Å²) in [6, 6.07) is 14.3. The van der Waals surface area contributed by atoms with Crippen molar-refractivity contribution in [2.24, 2.45) is 5.92 Å². The molecule has 2 aromatic rings. The molecule has 1 saturated heterocycles. The number of hydrogen-bond acceptors (Lipinski definition) is 1. The van der Waals surface area contributed by atoms with Gasteiger partial charge in [0.15, 0.2) is 6.04 Å². The third kappa shape index (κ3) is 3.30. The largest absolute Gasteiger partial charge is 0.325 e. The summed E-state index contributed by atoms with van der Waals surface area (Å²) in [5.74, 6) is 0.846. The zero-order valence-electron chi connectivity index (χ0n) is 13.4. The molecule has 1 aliphatic heterocycles. The van der Waals surface area contributed by atoms with Crippen molar-refractivity contribution in [2.75, 3.05) is 18.4 Å². The van der Waals surface area contributed by atoms with Gasteiger partial charge in [0.1, 0.15) is 0 Å². The van der Waals surface area contributed by atoms with Crippen LogP contribution in [0.25, 0.3) is 10.8 Å². The lowest BCUT2D eigenvalue weighted by Crippen LogP contribution is -3.17. The average molecular weight is 297 g/mol. The number of amides is 1. The number of quaternary nitrogens is 1. The minimum Gasteiger partial charge on any atom is -0.325 e. The lowest BCUT2D eigenvalue weighted by atomic mass is 9.99. The van der Waals surface area contributed by atoms with Gasteiger partial charge in [0.2, 0.25) is 0 Å². The Kier molecular flexibility index (Phi) is 4.44. The van der Waals surface area contributed by atoms with Gasteiger partial charge in [-0.15, -0.1) is 0 Å². The van der Waals surface area contributed by atoms with Gasteiger partial charge >= 0.3 is 0 Å². The third-order valence-corrected chi connectivity index (χ3v) is 4.83. The number of hydrogen-bond donors (Lipinski definition) is 2. The molecule has 0 saturated carbocycles. The quantitative estimate of drug-likeness (QED) is 0.896. The summed E-state index contributed by atoms with van der Waals surface area (Å²) >= 11 is 0. The van der Waals surface area contributed by atoms with Crippen LogP contribution < -0.4 is 10.2 Å². The number of likely N-dealkylation sites (tertiary alicyclic amines) is 1. The van der Waals surface area contributed by atoms with E-state index in [0.29, 0.717) is 0 Å². The highest BCUT2D eigenvalue weighted by molar-refractivity contribution is 5.96. The number of benzene rings is 2. The normalized spacial score (nSPS) is 23.2. The Balaban J connectivity index is 1.69. The Morgan fingerprint density at radius 1 is 1.23 bits per heavy atom. The molecule has 116 valence electrons. The highest BCUT2D eigenvalue weighted by Gasteiger charge is 2.29. The average Bonchev–Trinajstić information content (AvgIpc) is 2.54. The number of carbonyl (C=O) groups excluding carboxylic acids is 1. The zero-order chi connectivity index (χ0) is 15.5. The summed E-state index contributed by atoms with van der Waals surface area (Å²) in [6.07, 6.45) is 2.52. The van der Waals surface area contributed by atoms with Crippen LogP contribution in [0.2, 0.25) is 0 Å². The van der Waals surface area contributed by atoms with E-state index in [1.54, 1.807) is 0 Å². The number of piperidine rings is 1. The second-order valence-corrected chi connectivity index (χ2v) is 6.63. The van der Waals surface area contributed by atoms with Crippen molar-refractivity contribution < 1.29 is 9.69 Å². The summed E-state index contributed by atoms with van der Waals surface area (Å²) in [4.78, 5) is 13.9. The maximum absolute atomic E-state index is 12.5. The van der Waals surface area contributed by atoms with Crippen LogP contribution in [0.4, 0.5) is 5.69 Å². The van der Waals surface area contributed by atoms with Crippen LogP contribution in [0, 0.1) is 5.92 Å². The van der Waals surface area contributed by atoms with Crippen molar-refractivity contribution in [2.45, 2.75) is 32.7 Å². The molecule has 3 atom stereocenters. The van der Waals surface area contributed by atoms with Crippen LogP contribution in [0.1, 0.15) is 26.7 Å². The molecule has 1 amide bonds. The molecule has 3 nitrogen and oxygen atoms in total. The molecule has 0 aromatic heterocycles. The molecule has 3 heteroatoms. The first-order valence-corrected chi connectivity index (χ1v) is 8.28. The first-order chi connectivity index (χ1) is 10.6. The lowest BCUT2D eigenvalue weighted by molar-refractivity contribution is -0.922. The summed E-state index contributed by atoms with van der Waals surface area (Å²) in [6.45, 7) is 6.54. The van der Waals surface area contributed by atoms with Crippen molar-refractivity contribution in [1.29, 1.82) is 0 Å². The fraction of sp³-hybridized carbons (Fsp3) is 0.421. The SMILES string of the molecule is C[C@H]1CCC[NH+]([C@@H](C)C(=O)Nc2ccc3ccccc3c2)C1. The van der Waals surface area contributed by atoms with Gasteiger partial charge in [-0.3, -0.25) is 4.79 Å². The van der Waals surface area contributed by atoms with E-state index in [0.717, 1.165) is 30.1 Å². The third-order valence-electron chi connectivity index (χ3n) is 4.83. The number of nitrogens with one attached hydrogen (secondary N) is 2. The van der Waals surface area contributed by atoms with Crippen LogP contribution in [-0.2, 0) is 4.79 Å². The van der Waals surface area contributed by atoms with Crippen LogP contribution in [0.5, 0.6) is 0 Å². The van der Waals surface area contributed by atoms with Crippen LogP contribution in [0.15, 0.2) is 42.5 Å². The van der Waals surface area contributed by atoms with Crippen LogP contribution in [0.3, 0.4) is 0 Å². The monoisotopic (exact) mass is 297 g/mol. The Morgan fingerprint density at radius 3 is 2.77 bits per heavy atom. The molecule has 22 heavy (non-hydrogen) atoms. The Hall–Kier alpha value is -1.87. The molecule has 0 spiro atoms. The molecule has 2 N–H and O–H groups in total. The number of fused-ring (bicyclic) bond motifs is 1. The fourth-order valence-corrected chi connectivity index (χ4v) is 3.43. The molecule has 1 fully saturated rings. The molecule has 0 bridgehead atoms. The Labute approximate surface area is 132 Å². The predicted octanol–water partition coefficient (Wildman–Crippen LogP) is 2.48. The van der Waals surface area contributed by atoms with Gasteiger partial charge in [-0.1, -0.05) is 37.3 Å². The standard InChI is InChI=1S/C19H24N2O/c1-14-6-5-11-21(13-14)15(2)19(22)20-18-10-9-16-7-3-4-8-17(16)12-18/h3-4,7-10,12,14-15H,5-6,11,13H2,1-2H3,(H,20,22)/p+1/t14-,15-/m0/s1. The summed E-state index contributed by atoms with van der Waals surface area (Å²) < 4.78 is 0. The van der Waals surface area contributed by atoms with E-state index >= 15 is 0 Å². The number of rotatable bonds is 3. The van der Waals surface area contributed by atoms with Crippen molar-refractivity contribution in [3.8, 4) is 0 Å². The fourth-order valence-electron chi connectivity index (χ4n) is 3.43. The second-order valence-electron chi connectivity index (χ2n) is 6.63. The minimum absolute atomic E-state index is 0.00854. The van der Waals surface area contributed by atoms with Crippen molar-refractivity contribution in [1.82, 2.24) is 0 Å². The zero-order valence-corrected chi connectivity index (χ0v) is 13.4. The predicted molar refractivity (Wildman–Crippen MR) is 91.1 cm³/mol. The van der Waals surface area contributed by atoms with E-state index < -0.39 is 0 Å². The van der Waals surface area contributed by atoms with Crippen molar-refractivity contribution in [3.63, 3.8) is 0 Å². The van der Waals surface area contributed by atoms with Gasteiger partial charge in [0.25, 0.3) is 5.91 Å². The van der Waals surface area contributed by atoms with Gasteiger partial charge in [0.05, 0.1) is 13.1 Å². The molecule has 1 unspecified atom stereocenters. The molecular formula is C19H25N2O+. The van der Waals surface area contributed by atoms with Crippen molar-refractivity contribution in [3.05, 3.63) is 42.5 Å². The highest BCUT2D eigenvalue weighted by Crippen LogP contribution is 2.18. The number of anilines is 1. The van der Waals surface area contributed by atoms with E-state index in [-0.39, 0.29) is 11.9 Å². The van der Waals surface area contributed by atoms with E-state index in [9.17, 15) is 4.79 Å². The molecule has 0 aliphatic carbocycles. The highest BCUT2D eigenvalue weighted by atomic mass is 16.2. The van der Waals surface area contributed by atoms with Gasteiger partial charge < -0.3 is 10.2 Å². The van der Waals surface area contributed by atoms with Gasteiger partial charge in [-0.2, -0.15) is 0 Å². The van der Waals surface area contributed by atoms with E-state index in [1.165, 1.54) is 23.1 Å². The van der Waals surface area contributed by atoms with Gasteiger partial charge in [-0.05, 0) is 42.7 Å². The maximum Gasteiger partial charge on any atom is 0.282 e. The Bertz CT molecular complexity index is 667. The van der Waals surface area contributed by atoms with Crippen molar-refractivity contribution >= 4 is 22.4 Å². The molecule has 1 heterocycles. The smallest absolute Gasteiger partial charge is 0.282 e. The van der Waals surface area contributed by atoms with Gasteiger partial charge in [-0.25, -0.2) is 0 Å². The van der Waals surface area contributed by atoms with E-state index in [1.807, 2.05) is 31.2 Å². The first kappa shape index (κ1) is 15.0. The molecule has 0 radical (unpaired) electrons. The maximum atomic E-state index is 12.5. The van der Waals surface area contributed by atoms with Crippen LogP contribution in [-0.4, -0.2) is 25.0 Å². The molecular weight excluding hydrogens is 272 g/mol. The van der Waals surface area contributed by atoms with Gasteiger partial charge in [0, 0.05) is 11.6 Å². The Morgan fingerprint density at radius 2 is 2.00 bits per heavy atom. The number of carbonyl (C=O) groups is 1. The van der Waals surface area contributed by atoms with E-state index in [2.05, 4.69) is 30.4 Å². The lowest BCUT2D eigenvalue weighted by Gasteiger charge is -2.31.